The zero-order valence-corrected chi connectivity index (χ0v) is 22.1. The van der Waals surface area contributed by atoms with E-state index in [-0.39, 0.29) is 17.9 Å². The molecule has 38 heavy (non-hydrogen) atoms. The van der Waals surface area contributed by atoms with Gasteiger partial charge < -0.3 is 24.7 Å². The number of esters is 1. The number of hydrogen-bond acceptors (Lipinski definition) is 7. The number of nitriles is 1. The molecule has 1 atom stereocenters. The van der Waals surface area contributed by atoms with Crippen molar-refractivity contribution in [3.63, 3.8) is 0 Å². The van der Waals surface area contributed by atoms with Crippen LogP contribution in [0.1, 0.15) is 49.3 Å². The van der Waals surface area contributed by atoms with E-state index in [0.717, 1.165) is 29.5 Å². The molecule has 3 aromatic carbocycles. The van der Waals surface area contributed by atoms with Gasteiger partial charge in [0.2, 0.25) is 5.88 Å². The number of nitrogens with two attached hydrogens (primary N) is 1. The molecule has 7 nitrogen and oxygen atoms in total. The van der Waals surface area contributed by atoms with Crippen LogP contribution in [0.3, 0.4) is 0 Å². The molecule has 0 amide bonds. The number of halogens is 1. The van der Waals surface area contributed by atoms with Gasteiger partial charge in [0, 0.05) is 16.7 Å². The predicted molar refractivity (Wildman–Crippen MR) is 145 cm³/mol. The lowest BCUT2D eigenvalue weighted by atomic mass is 9.83. The van der Waals surface area contributed by atoms with Gasteiger partial charge in [-0.25, -0.2) is 0 Å². The number of unbranched alkanes of at least 4 members (excludes halogenated alkanes) is 1. The Kier molecular flexibility index (Phi) is 8.77. The number of benzene rings is 3. The number of nitrogens with zero attached hydrogens (tertiary/aromatic N) is 1. The molecule has 3 aromatic rings. The first-order chi connectivity index (χ1) is 18.4. The Bertz CT molecular complexity index is 1380. The monoisotopic (exact) mass is 532 g/mol. The second kappa shape index (κ2) is 12.4. The molecule has 2 N–H and O–H groups in total. The van der Waals surface area contributed by atoms with Crippen LogP contribution in [-0.2, 0) is 11.2 Å². The minimum absolute atomic E-state index is 0.00382. The van der Waals surface area contributed by atoms with Crippen LogP contribution in [0.4, 0.5) is 0 Å². The van der Waals surface area contributed by atoms with Crippen molar-refractivity contribution in [2.24, 2.45) is 5.73 Å². The minimum Gasteiger partial charge on any atom is -0.490 e. The summed E-state index contributed by atoms with van der Waals surface area (Å²) in [5.41, 5.74) is 8.75. The standard InChI is InChI=1S/C30H29ClN2O5/c1-3-5-14-36-25-13-8-20(16-27(25)35-4-2)29-23-12-11-22(17-26(23)38-30(33)24(29)18-32)37-28(34)15-19-6-9-21(31)10-7-19/h6-13,16-17,29H,3-5,14-15,33H2,1-2H3. The lowest BCUT2D eigenvalue weighted by Gasteiger charge is -2.27. The Morgan fingerprint density at radius 1 is 1.05 bits per heavy atom. The smallest absolute Gasteiger partial charge is 0.315 e. The predicted octanol–water partition coefficient (Wildman–Crippen LogP) is 6.28. The molecule has 0 saturated carbocycles. The van der Waals surface area contributed by atoms with Gasteiger partial charge in [0.25, 0.3) is 0 Å². The van der Waals surface area contributed by atoms with Gasteiger partial charge in [0.1, 0.15) is 23.1 Å². The van der Waals surface area contributed by atoms with Crippen molar-refractivity contribution in [3.05, 3.63) is 93.8 Å². The van der Waals surface area contributed by atoms with Gasteiger partial charge in [0.15, 0.2) is 11.5 Å². The van der Waals surface area contributed by atoms with Crippen LogP contribution in [-0.4, -0.2) is 19.2 Å². The second-order valence-corrected chi connectivity index (χ2v) is 9.18. The van der Waals surface area contributed by atoms with Crippen LogP contribution in [0.5, 0.6) is 23.0 Å². The number of allylic oxidation sites excluding steroid dienone is 1. The molecule has 0 saturated heterocycles. The highest BCUT2D eigenvalue weighted by Gasteiger charge is 2.32. The van der Waals surface area contributed by atoms with Crippen LogP contribution in [0.25, 0.3) is 0 Å². The van der Waals surface area contributed by atoms with Gasteiger partial charge in [-0.1, -0.05) is 49.2 Å². The molecule has 0 bridgehead atoms. The first kappa shape index (κ1) is 26.9. The van der Waals surface area contributed by atoms with E-state index >= 15 is 0 Å². The van der Waals surface area contributed by atoms with Gasteiger partial charge in [-0.15, -0.1) is 0 Å². The molecule has 4 rings (SSSR count). The van der Waals surface area contributed by atoms with E-state index in [1.54, 1.807) is 42.5 Å². The van der Waals surface area contributed by atoms with E-state index in [1.807, 2.05) is 25.1 Å². The van der Waals surface area contributed by atoms with Gasteiger partial charge in [-0.3, -0.25) is 4.79 Å². The van der Waals surface area contributed by atoms with E-state index in [9.17, 15) is 10.1 Å². The topological polar surface area (TPSA) is 104 Å². The molecule has 1 aliphatic rings. The maximum absolute atomic E-state index is 12.5. The largest absolute Gasteiger partial charge is 0.490 e. The van der Waals surface area contributed by atoms with Crippen LogP contribution in [0, 0.1) is 11.3 Å². The maximum atomic E-state index is 12.5. The van der Waals surface area contributed by atoms with Crippen LogP contribution in [0.15, 0.2) is 72.1 Å². The maximum Gasteiger partial charge on any atom is 0.315 e. The van der Waals surface area contributed by atoms with E-state index < -0.39 is 11.9 Å². The minimum atomic E-state index is -0.494. The Labute approximate surface area is 227 Å². The summed E-state index contributed by atoms with van der Waals surface area (Å²) >= 11 is 5.91. The lowest BCUT2D eigenvalue weighted by Crippen LogP contribution is -2.21. The van der Waals surface area contributed by atoms with E-state index in [1.165, 1.54) is 0 Å². The molecule has 0 fully saturated rings. The van der Waals surface area contributed by atoms with Crippen LogP contribution >= 0.6 is 11.6 Å². The van der Waals surface area contributed by atoms with Crippen molar-refractivity contribution in [3.8, 4) is 29.1 Å². The molecule has 0 radical (unpaired) electrons. The molecule has 8 heteroatoms. The van der Waals surface area contributed by atoms with E-state index in [2.05, 4.69) is 13.0 Å². The summed E-state index contributed by atoms with van der Waals surface area (Å²) < 4.78 is 23.1. The first-order valence-corrected chi connectivity index (χ1v) is 12.9. The summed E-state index contributed by atoms with van der Waals surface area (Å²) in [6.07, 6.45) is 2.05. The van der Waals surface area contributed by atoms with E-state index in [4.69, 9.17) is 36.3 Å². The fourth-order valence-electron chi connectivity index (χ4n) is 4.20. The third-order valence-electron chi connectivity index (χ3n) is 6.04. The molecule has 1 aliphatic heterocycles. The average molecular weight is 533 g/mol. The Morgan fingerprint density at radius 2 is 1.84 bits per heavy atom. The first-order valence-electron chi connectivity index (χ1n) is 12.5. The number of ether oxygens (including phenoxy) is 4. The fraction of sp³-hybridized carbons (Fsp3) is 0.267. The molecule has 0 spiro atoms. The van der Waals surface area contributed by atoms with Crippen molar-refractivity contribution < 1.29 is 23.7 Å². The molecule has 0 aromatic heterocycles. The van der Waals surface area contributed by atoms with Gasteiger partial charge in [-0.2, -0.15) is 5.26 Å². The van der Waals surface area contributed by atoms with Gasteiger partial charge in [0.05, 0.1) is 25.6 Å². The van der Waals surface area contributed by atoms with Crippen molar-refractivity contribution in [2.45, 2.75) is 39.0 Å². The summed E-state index contributed by atoms with van der Waals surface area (Å²) in [6, 6.07) is 19.9. The summed E-state index contributed by atoms with van der Waals surface area (Å²) in [4.78, 5) is 12.5. The molecular weight excluding hydrogens is 504 g/mol. The fourth-order valence-corrected chi connectivity index (χ4v) is 4.32. The van der Waals surface area contributed by atoms with Gasteiger partial charge in [-0.05, 0) is 54.8 Å². The zero-order valence-electron chi connectivity index (χ0n) is 21.3. The van der Waals surface area contributed by atoms with Crippen molar-refractivity contribution >= 4 is 17.6 Å². The number of rotatable bonds is 10. The third-order valence-corrected chi connectivity index (χ3v) is 6.29. The molecule has 196 valence electrons. The second-order valence-electron chi connectivity index (χ2n) is 8.74. The Hall–Kier alpha value is -4.15. The number of fused-ring (bicyclic) bond motifs is 1. The summed E-state index contributed by atoms with van der Waals surface area (Å²) in [6.45, 7) is 5.06. The lowest BCUT2D eigenvalue weighted by molar-refractivity contribution is -0.133. The average Bonchev–Trinajstić information content (AvgIpc) is 2.90. The molecular formula is C30H29ClN2O5. The van der Waals surface area contributed by atoms with Crippen molar-refractivity contribution in [1.29, 1.82) is 5.26 Å². The number of carbonyl (C=O) groups excluding carboxylic acids is 1. The summed E-state index contributed by atoms with van der Waals surface area (Å²) in [5, 5.41) is 10.5. The number of carbonyl (C=O) groups is 1. The van der Waals surface area contributed by atoms with Gasteiger partial charge >= 0.3 is 5.97 Å². The normalized spacial score (nSPS) is 14.2. The highest BCUT2D eigenvalue weighted by atomic mass is 35.5. The summed E-state index contributed by atoms with van der Waals surface area (Å²) in [5.74, 6) is 1.03. The highest BCUT2D eigenvalue weighted by molar-refractivity contribution is 6.30. The Balaban J connectivity index is 1.62. The highest BCUT2D eigenvalue weighted by Crippen LogP contribution is 2.45. The Morgan fingerprint density at radius 3 is 2.55 bits per heavy atom. The number of hydrogen-bond donors (Lipinski definition) is 1. The molecule has 1 unspecified atom stereocenters. The van der Waals surface area contributed by atoms with Crippen molar-refractivity contribution in [2.75, 3.05) is 13.2 Å². The third kappa shape index (κ3) is 6.21. The summed E-state index contributed by atoms with van der Waals surface area (Å²) in [7, 11) is 0. The van der Waals surface area contributed by atoms with Crippen LogP contribution < -0.4 is 24.7 Å². The SMILES string of the molecule is CCCCOc1ccc(C2C(C#N)=C(N)Oc3cc(OC(=O)Cc4ccc(Cl)cc4)ccc32)cc1OCC. The van der Waals surface area contributed by atoms with E-state index in [0.29, 0.717) is 41.2 Å². The van der Waals surface area contributed by atoms with Crippen LogP contribution in [0.2, 0.25) is 5.02 Å². The molecule has 0 aliphatic carbocycles. The quantitative estimate of drug-likeness (QED) is 0.186. The van der Waals surface area contributed by atoms with Crippen molar-refractivity contribution in [1.82, 2.24) is 0 Å². The molecule has 1 heterocycles. The zero-order chi connectivity index (χ0) is 27.1.